The van der Waals surface area contributed by atoms with Gasteiger partial charge < -0.3 is 15.3 Å². The number of amides is 1. The molecule has 1 aromatic carbocycles. The van der Waals surface area contributed by atoms with Crippen LogP contribution in [0, 0.1) is 35.3 Å². The number of carbonyl (C=O) groups is 1. The van der Waals surface area contributed by atoms with Crippen LogP contribution in [0.2, 0.25) is 0 Å². The van der Waals surface area contributed by atoms with Crippen molar-refractivity contribution in [1.29, 1.82) is 5.26 Å². The van der Waals surface area contributed by atoms with E-state index in [-0.39, 0.29) is 30.6 Å². The van der Waals surface area contributed by atoms with Crippen LogP contribution < -0.4 is 15.1 Å². The van der Waals surface area contributed by atoms with Gasteiger partial charge in [0.1, 0.15) is 18.3 Å². The van der Waals surface area contributed by atoms with Crippen molar-refractivity contribution in [2.24, 2.45) is 0 Å². The fourth-order valence-electron chi connectivity index (χ4n) is 2.80. The Morgan fingerprint density at radius 2 is 2.04 bits per heavy atom. The van der Waals surface area contributed by atoms with E-state index in [1.807, 2.05) is 6.07 Å². The zero-order chi connectivity index (χ0) is 20.4. The summed E-state index contributed by atoms with van der Waals surface area (Å²) in [7, 11) is 0. The van der Waals surface area contributed by atoms with E-state index in [0.717, 1.165) is 12.1 Å². The fraction of sp³-hybridized carbons (Fsp3) is 0.222. The van der Waals surface area contributed by atoms with Crippen LogP contribution in [0.25, 0.3) is 0 Å². The SMILES string of the molecule is C#CCN1c2nc(Nc3cc(F)c(O)c(F)c3)ncc2N(CC#N)C(=O)[C@H]1C. The van der Waals surface area contributed by atoms with Crippen LogP contribution in [0.5, 0.6) is 5.75 Å². The Balaban J connectivity index is 2.03. The molecular formula is C18H14F2N6O2. The van der Waals surface area contributed by atoms with Crippen LogP contribution in [0.1, 0.15) is 6.92 Å². The number of hydrogen-bond acceptors (Lipinski definition) is 7. The summed E-state index contributed by atoms with van der Waals surface area (Å²) in [6.45, 7) is 1.52. The Labute approximate surface area is 159 Å². The van der Waals surface area contributed by atoms with Crippen LogP contribution in [0.4, 0.5) is 31.9 Å². The van der Waals surface area contributed by atoms with Gasteiger partial charge in [0.05, 0.1) is 18.8 Å². The third-order valence-corrected chi connectivity index (χ3v) is 4.17. The number of benzene rings is 1. The summed E-state index contributed by atoms with van der Waals surface area (Å²) in [6, 6.07) is 3.02. The molecule has 0 bridgehead atoms. The van der Waals surface area contributed by atoms with E-state index in [9.17, 15) is 18.7 Å². The number of anilines is 4. The summed E-state index contributed by atoms with van der Waals surface area (Å²) in [5.74, 6) is -0.957. The first-order valence-corrected chi connectivity index (χ1v) is 8.07. The van der Waals surface area contributed by atoms with Crippen molar-refractivity contribution >= 4 is 29.0 Å². The van der Waals surface area contributed by atoms with Crippen LogP contribution in [0.3, 0.4) is 0 Å². The predicted molar refractivity (Wildman–Crippen MR) is 96.9 cm³/mol. The van der Waals surface area contributed by atoms with Crippen molar-refractivity contribution in [2.45, 2.75) is 13.0 Å². The summed E-state index contributed by atoms with van der Waals surface area (Å²) in [4.78, 5) is 23.7. The lowest BCUT2D eigenvalue weighted by molar-refractivity contribution is -0.119. The molecule has 1 aromatic heterocycles. The third-order valence-electron chi connectivity index (χ3n) is 4.17. The van der Waals surface area contributed by atoms with Gasteiger partial charge in [-0.3, -0.25) is 9.69 Å². The number of aromatic hydroxyl groups is 1. The molecular weight excluding hydrogens is 370 g/mol. The maximum atomic E-state index is 13.5. The summed E-state index contributed by atoms with van der Waals surface area (Å²) < 4.78 is 27.1. The summed E-state index contributed by atoms with van der Waals surface area (Å²) in [6.07, 6.45) is 6.71. The lowest BCUT2D eigenvalue weighted by atomic mass is 10.1. The van der Waals surface area contributed by atoms with Crippen LogP contribution in [-0.2, 0) is 4.79 Å². The van der Waals surface area contributed by atoms with Gasteiger partial charge in [-0.1, -0.05) is 5.92 Å². The van der Waals surface area contributed by atoms with Gasteiger partial charge in [-0.05, 0) is 6.92 Å². The molecule has 142 valence electrons. The first-order valence-electron chi connectivity index (χ1n) is 8.07. The third kappa shape index (κ3) is 3.23. The lowest BCUT2D eigenvalue weighted by Crippen LogP contribution is -2.52. The summed E-state index contributed by atoms with van der Waals surface area (Å²) >= 11 is 0. The van der Waals surface area contributed by atoms with E-state index < -0.39 is 23.4 Å². The van der Waals surface area contributed by atoms with Gasteiger partial charge in [-0.2, -0.15) is 10.2 Å². The fourth-order valence-corrected chi connectivity index (χ4v) is 2.80. The molecule has 0 aliphatic carbocycles. The molecule has 0 fully saturated rings. The maximum absolute atomic E-state index is 13.5. The zero-order valence-corrected chi connectivity index (χ0v) is 14.6. The molecule has 0 radical (unpaired) electrons. The number of nitrogens with zero attached hydrogens (tertiary/aromatic N) is 5. The number of phenols is 1. The minimum atomic E-state index is -1.14. The summed E-state index contributed by atoms with van der Waals surface area (Å²) in [5.41, 5.74) is 0.276. The maximum Gasteiger partial charge on any atom is 0.250 e. The highest BCUT2D eigenvalue weighted by Crippen LogP contribution is 2.35. The van der Waals surface area contributed by atoms with Gasteiger partial charge in [0, 0.05) is 17.8 Å². The van der Waals surface area contributed by atoms with Crippen molar-refractivity contribution in [1.82, 2.24) is 9.97 Å². The Kier molecular flexibility index (Phi) is 4.96. The molecule has 2 N–H and O–H groups in total. The highest BCUT2D eigenvalue weighted by Gasteiger charge is 2.36. The molecule has 10 heteroatoms. The largest absolute Gasteiger partial charge is 0.503 e. The molecule has 0 spiro atoms. The Bertz CT molecular complexity index is 1010. The average molecular weight is 384 g/mol. The average Bonchev–Trinajstić information content (AvgIpc) is 2.66. The van der Waals surface area contributed by atoms with Gasteiger partial charge in [0.15, 0.2) is 23.2 Å². The second kappa shape index (κ2) is 7.37. The highest BCUT2D eigenvalue weighted by molar-refractivity contribution is 6.04. The number of nitriles is 1. The van der Waals surface area contributed by atoms with Gasteiger partial charge in [0.25, 0.3) is 5.91 Å². The molecule has 1 amide bonds. The van der Waals surface area contributed by atoms with E-state index in [1.54, 1.807) is 11.8 Å². The van der Waals surface area contributed by atoms with Crippen molar-refractivity contribution in [2.75, 3.05) is 28.2 Å². The van der Waals surface area contributed by atoms with Crippen molar-refractivity contribution in [3.05, 3.63) is 30.0 Å². The lowest BCUT2D eigenvalue weighted by Gasteiger charge is -2.38. The highest BCUT2D eigenvalue weighted by atomic mass is 19.1. The first-order chi connectivity index (χ1) is 13.4. The standard InChI is InChI=1S/C18H14F2N6O2/c1-3-5-25-10(2)17(28)26(6-4-21)14-9-22-18(24-16(14)25)23-11-7-12(19)15(27)13(20)8-11/h1,7-10,27H,5-6H2,2H3,(H,22,23,24)/t10-/m1/s1. The number of nitrogens with one attached hydrogen (secondary N) is 1. The topological polar surface area (TPSA) is 105 Å². The minimum Gasteiger partial charge on any atom is -0.503 e. The van der Waals surface area contributed by atoms with Gasteiger partial charge in [-0.15, -0.1) is 6.42 Å². The van der Waals surface area contributed by atoms with Gasteiger partial charge >= 0.3 is 0 Å². The van der Waals surface area contributed by atoms with E-state index in [1.165, 1.54) is 11.1 Å². The molecule has 1 aliphatic heterocycles. The molecule has 0 saturated carbocycles. The Morgan fingerprint density at radius 1 is 1.36 bits per heavy atom. The number of terminal acetylenes is 1. The molecule has 2 aromatic rings. The first kappa shape index (κ1) is 18.9. The second-order valence-corrected chi connectivity index (χ2v) is 5.91. The predicted octanol–water partition coefficient (Wildman–Crippen LogP) is 1.90. The van der Waals surface area contributed by atoms with Crippen LogP contribution in [-0.4, -0.2) is 40.1 Å². The Morgan fingerprint density at radius 3 is 2.64 bits per heavy atom. The minimum absolute atomic E-state index is 0.0104. The Hall–Kier alpha value is -3.92. The second-order valence-electron chi connectivity index (χ2n) is 5.91. The molecule has 2 heterocycles. The number of hydrogen-bond donors (Lipinski definition) is 2. The smallest absolute Gasteiger partial charge is 0.250 e. The van der Waals surface area contributed by atoms with Gasteiger partial charge in [0.2, 0.25) is 5.95 Å². The number of carbonyl (C=O) groups excluding carboxylic acids is 1. The van der Waals surface area contributed by atoms with Crippen molar-refractivity contribution < 1.29 is 18.7 Å². The molecule has 3 rings (SSSR count). The molecule has 1 aliphatic rings. The quantitative estimate of drug-likeness (QED) is 0.471. The van der Waals surface area contributed by atoms with Crippen LogP contribution >= 0.6 is 0 Å². The number of phenolic OH excluding ortho intramolecular Hbond substituents is 1. The molecule has 0 saturated heterocycles. The van der Waals surface area contributed by atoms with E-state index in [2.05, 4.69) is 21.2 Å². The molecule has 8 nitrogen and oxygen atoms in total. The monoisotopic (exact) mass is 384 g/mol. The zero-order valence-electron chi connectivity index (χ0n) is 14.6. The van der Waals surface area contributed by atoms with Gasteiger partial charge in [-0.25, -0.2) is 13.8 Å². The number of aromatic nitrogens is 2. The van der Waals surface area contributed by atoms with Crippen molar-refractivity contribution in [3.8, 4) is 24.2 Å². The van der Waals surface area contributed by atoms with E-state index in [0.29, 0.717) is 11.5 Å². The number of rotatable bonds is 4. The van der Waals surface area contributed by atoms with E-state index in [4.69, 9.17) is 11.7 Å². The molecule has 0 unspecified atom stereocenters. The van der Waals surface area contributed by atoms with Crippen LogP contribution in [0.15, 0.2) is 18.3 Å². The normalized spacial score (nSPS) is 15.6. The summed E-state index contributed by atoms with van der Waals surface area (Å²) in [5, 5.41) is 20.8. The van der Waals surface area contributed by atoms with Crippen molar-refractivity contribution in [3.63, 3.8) is 0 Å². The van der Waals surface area contributed by atoms with E-state index >= 15 is 0 Å². The number of fused-ring (bicyclic) bond motifs is 1. The molecule has 28 heavy (non-hydrogen) atoms. The number of halogens is 2. The molecule has 1 atom stereocenters.